The average molecular weight is 583 g/mol. The number of hydrogen-bond donors (Lipinski definition) is 3. The van der Waals surface area contributed by atoms with E-state index < -0.39 is 48.2 Å². The third-order valence-corrected chi connectivity index (χ3v) is 6.03. The highest BCUT2D eigenvalue weighted by molar-refractivity contribution is 5.96. The molecule has 7 nitrogen and oxygen atoms in total. The van der Waals surface area contributed by atoms with E-state index in [0.29, 0.717) is 11.1 Å². The third kappa shape index (κ3) is 7.41. The van der Waals surface area contributed by atoms with E-state index in [1.165, 1.54) is 25.3 Å². The maximum atomic E-state index is 14.3. The summed E-state index contributed by atoms with van der Waals surface area (Å²) in [5.74, 6) is -3.56. The molecule has 1 amide bonds. The van der Waals surface area contributed by atoms with Crippen LogP contribution >= 0.6 is 0 Å². The number of nitrogens with two attached hydrogens (primary N) is 2. The van der Waals surface area contributed by atoms with Crippen LogP contribution in [0.4, 0.5) is 32.0 Å². The number of anilines is 1. The van der Waals surface area contributed by atoms with Crippen molar-refractivity contribution in [2.75, 3.05) is 26.0 Å². The van der Waals surface area contributed by atoms with Gasteiger partial charge in [-0.15, -0.1) is 0 Å². The Hall–Kier alpha value is -4.42. The summed E-state index contributed by atoms with van der Waals surface area (Å²) in [7, 11) is 1.22. The van der Waals surface area contributed by atoms with E-state index in [1.807, 2.05) is 0 Å². The number of pyridine rings is 1. The third-order valence-electron chi connectivity index (χ3n) is 6.03. The molecule has 13 heteroatoms. The summed E-state index contributed by atoms with van der Waals surface area (Å²) in [5, 5.41) is 2.23. The molecule has 3 aromatic rings. The number of nitrogen functional groups attached to an aromatic ring is 1. The quantitative estimate of drug-likeness (QED) is 0.205. The number of carbonyl (C=O) groups excluding carboxylic acids is 1. The van der Waals surface area contributed by atoms with Gasteiger partial charge in [0.15, 0.2) is 0 Å². The molecule has 0 aliphatic rings. The summed E-state index contributed by atoms with van der Waals surface area (Å²) < 4.78 is 92.9. The topological polar surface area (TPSA) is 112 Å². The van der Waals surface area contributed by atoms with Crippen molar-refractivity contribution in [3.05, 3.63) is 76.4 Å². The smallest absolute Gasteiger partial charge is 0.398 e. The van der Waals surface area contributed by atoms with Crippen LogP contribution in [0, 0.1) is 12.7 Å². The fourth-order valence-corrected chi connectivity index (χ4v) is 3.99. The lowest BCUT2D eigenvalue weighted by Crippen LogP contribution is -2.35. The van der Waals surface area contributed by atoms with E-state index in [0.717, 1.165) is 30.3 Å². The highest BCUT2D eigenvalue weighted by atomic mass is 19.4. The van der Waals surface area contributed by atoms with Crippen LogP contribution < -0.4 is 26.3 Å². The summed E-state index contributed by atoms with van der Waals surface area (Å²) >= 11 is 0. The SMILES string of the molecule is CCOc1c(C)cc(C(CNC(=O)c2cc(/C=C(\N)C(F)F)c(N)c(OC)c2)C(F)(F)F)nc1-c1ccc(F)cc1. The van der Waals surface area contributed by atoms with E-state index in [2.05, 4.69) is 10.3 Å². The number of rotatable bonds is 10. The number of nitrogens with one attached hydrogen (secondary N) is 1. The fraction of sp³-hybridized carbons (Fsp3) is 0.286. The number of aromatic nitrogens is 1. The van der Waals surface area contributed by atoms with Crippen LogP contribution in [0.5, 0.6) is 11.5 Å². The Balaban J connectivity index is 1.99. The van der Waals surface area contributed by atoms with Crippen molar-refractivity contribution in [3.8, 4) is 22.8 Å². The molecule has 0 radical (unpaired) electrons. The lowest BCUT2D eigenvalue weighted by atomic mass is 9.99. The van der Waals surface area contributed by atoms with Crippen molar-refractivity contribution in [2.45, 2.75) is 32.4 Å². The molecular weight excluding hydrogens is 554 g/mol. The van der Waals surface area contributed by atoms with Crippen LogP contribution in [0.3, 0.4) is 0 Å². The fourth-order valence-electron chi connectivity index (χ4n) is 3.99. The van der Waals surface area contributed by atoms with Crippen LogP contribution in [0.1, 0.15) is 40.0 Å². The van der Waals surface area contributed by atoms with Crippen molar-refractivity contribution in [3.63, 3.8) is 0 Å². The standard InChI is InChI=1S/C28H28F6N4O3/c1-4-41-25-14(2)9-21(38-24(25)15-5-7-18(29)8-6-15)19(28(32,33)34)13-37-27(39)17-10-16(11-20(35)26(30)31)23(36)22(12-17)40-3/h5-12,19,26H,4,13,35-36H2,1-3H3,(H,37,39)/b20-11-. The van der Waals surface area contributed by atoms with Gasteiger partial charge < -0.3 is 26.3 Å². The second kappa shape index (κ2) is 12.8. The molecule has 1 atom stereocenters. The minimum atomic E-state index is -4.83. The highest BCUT2D eigenvalue weighted by Crippen LogP contribution is 2.39. The molecule has 41 heavy (non-hydrogen) atoms. The molecule has 220 valence electrons. The van der Waals surface area contributed by atoms with E-state index in [1.54, 1.807) is 13.8 Å². The molecule has 0 bridgehead atoms. The van der Waals surface area contributed by atoms with Crippen LogP contribution in [0.25, 0.3) is 17.3 Å². The Morgan fingerprint density at radius 1 is 1.15 bits per heavy atom. The van der Waals surface area contributed by atoms with Crippen molar-refractivity contribution in [1.82, 2.24) is 10.3 Å². The molecule has 1 aromatic heterocycles. The predicted octanol–water partition coefficient (Wildman–Crippen LogP) is 5.83. The van der Waals surface area contributed by atoms with Crippen molar-refractivity contribution < 1.29 is 40.6 Å². The van der Waals surface area contributed by atoms with Crippen LogP contribution in [-0.2, 0) is 0 Å². The van der Waals surface area contributed by atoms with E-state index in [4.69, 9.17) is 20.9 Å². The number of halogens is 6. The van der Waals surface area contributed by atoms with Crippen molar-refractivity contribution in [1.29, 1.82) is 0 Å². The number of alkyl halides is 5. The minimum absolute atomic E-state index is 0.0638. The number of ether oxygens (including phenoxy) is 2. The van der Waals surface area contributed by atoms with Gasteiger partial charge in [0.25, 0.3) is 12.3 Å². The molecule has 0 aliphatic heterocycles. The maximum Gasteiger partial charge on any atom is 0.398 e. The normalized spacial score (nSPS) is 12.8. The number of allylic oxidation sites excluding steroid dienone is 1. The molecular formula is C28H28F6N4O3. The Labute approximate surface area is 232 Å². The molecule has 1 unspecified atom stereocenters. The first-order chi connectivity index (χ1) is 19.3. The monoisotopic (exact) mass is 582 g/mol. The van der Waals surface area contributed by atoms with Gasteiger partial charge in [-0.05, 0) is 68.0 Å². The average Bonchev–Trinajstić information content (AvgIpc) is 2.90. The van der Waals surface area contributed by atoms with Gasteiger partial charge in [-0.25, -0.2) is 18.2 Å². The minimum Gasteiger partial charge on any atom is -0.495 e. The lowest BCUT2D eigenvalue weighted by molar-refractivity contribution is -0.149. The van der Waals surface area contributed by atoms with Gasteiger partial charge in [-0.1, -0.05) is 0 Å². The molecule has 3 rings (SSSR count). The summed E-state index contributed by atoms with van der Waals surface area (Å²) in [6, 6.07) is 8.52. The number of benzene rings is 2. The number of nitrogens with zero attached hydrogens (tertiary/aromatic N) is 1. The summed E-state index contributed by atoms with van der Waals surface area (Å²) in [6.45, 7) is 2.55. The second-order valence-electron chi connectivity index (χ2n) is 8.91. The molecule has 0 aliphatic carbocycles. The van der Waals surface area contributed by atoms with Gasteiger partial charge in [0.1, 0.15) is 28.9 Å². The molecule has 0 saturated heterocycles. The van der Waals surface area contributed by atoms with Gasteiger partial charge in [0.05, 0.1) is 30.8 Å². The van der Waals surface area contributed by atoms with E-state index >= 15 is 0 Å². The Morgan fingerprint density at radius 2 is 1.80 bits per heavy atom. The molecule has 0 fully saturated rings. The first-order valence-corrected chi connectivity index (χ1v) is 12.2. The van der Waals surface area contributed by atoms with Crippen LogP contribution in [0.2, 0.25) is 0 Å². The van der Waals surface area contributed by atoms with Crippen molar-refractivity contribution >= 4 is 17.7 Å². The van der Waals surface area contributed by atoms with Crippen LogP contribution in [0.15, 0.2) is 48.2 Å². The Bertz CT molecular complexity index is 1430. The van der Waals surface area contributed by atoms with Gasteiger partial charge in [0, 0.05) is 23.2 Å². The zero-order valence-corrected chi connectivity index (χ0v) is 22.3. The summed E-state index contributed by atoms with van der Waals surface area (Å²) in [4.78, 5) is 17.2. The van der Waals surface area contributed by atoms with Gasteiger partial charge >= 0.3 is 6.18 Å². The highest BCUT2D eigenvalue weighted by Gasteiger charge is 2.42. The first-order valence-electron chi connectivity index (χ1n) is 12.2. The Kier molecular flexibility index (Phi) is 9.74. The Morgan fingerprint density at radius 3 is 2.37 bits per heavy atom. The summed E-state index contributed by atoms with van der Waals surface area (Å²) in [6.07, 6.45) is -6.99. The van der Waals surface area contributed by atoms with Crippen LogP contribution in [-0.4, -0.2) is 43.8 Å². The molecule has 0 saturated carbocycles. The molecule has 1 heterocycles. The second-order valence-corrected chi connectivity index (χ2v) is 8.91. The zero-order valence-electron chi connectivity index (χ0n) is 22.3. The number of methoxy groups -OCH3 is 1. The van der Waals surface area contributed by atoms with Crippen molar-refractivity contribution in [2.24, 2.45) is 5.73 Å². The number of carbonyl (C=O) groups is 1. The number of amides is 1. The maximum absolute atomic E-state index is 14.3. The molecule has 2 aromatic carbocycles. The number of hydrogen-bond acceptors (Lipinski definition) is 6. The van der Waals surface area contributed by atoms with Gasteiger partial charge in [-0.3, -0.25) is 4.79 Å². The first kappa shape index (κ1) is 31.1. The zero-order chi connectivity index (χ0) is 30.5. The predicted molar refractivity (Wildman–Crippen MR) is 142 cm³/mol. The van der Waals surface area contributed by atoms with E-state index in [-0.39, 0.29) is 40.6 Å². The molecule has 5 N–H and O–H groups in total. The van der Waals surface area contributed by atoms with E-state index in [9.17, 15) is 31.1 Å². The molecule has 0 spiro atoms. The van der Waals surface area contributed by atoms with Gasteiger partial charge in [0.2, 0.25) is 0 Å². The largest absolute Gasteiger partial charge is 0.495 e. The number of aryl methyl sites for hydroxylation is 1. The van der Waals surface area contributed by atoms with Gasteiger partial charge in [-0.2, -0.15) is 13.2 Å². The summed E-state index contributed by atoms with van der Waals surface area (Å²) in [5.41, 5.74) is 10.4. The lowest BCUT2D eigenvalue weighted by Gasteiger charge is -2.23.